The molecule has 1 heterocycles. The van der Waals surface area contributed by atoms with Crippen LogP contribution in [0.2, 0.25) is 10.0 Å². The molecule has 174 valence electrons. The Kier molecular flexibility index (Phi) is 8.34. The zero-order chi connectivity index (χ0) is 24.1. The van der Waals surface area contributed by atoms with Crippen LogP contribution in [0.15, 0.2) is 41.6 Å². The number of nitrogens with zero attached hydrogens (tertiary/aromatic N) is 3. The molecule has 2 aromatic carbocycles. The normalized spacial score (nSPS) is 11.8. The lowest BCUT2D eigenvalue weighted by molar-refractivity contribution is -0.113. The molecular weight excluding hydrogens is 488 g/mol. The van der Waals surface area contributed by atoms with Crippen molar-refractivity contribution in [1.82, 2.24) is 20.1 Å². The third-order valence-electron chi connectivity index (χ3n) is 4.78. The summed E-state index contributed by atoms with van der Waals surface area (Å²) < 4.78 is 15.3. The van der Waals surface area contributed by atoms with E-state index in [4.69, 9.17) is 23.2 Å². The van der Waals surface area contributed by atoms with Gasteiger partial charge in [0.1, 0.15) is 5.82 Å². The second kappa shape index (κ2) is 11.0. The minimum Gasteiger partial charge on any atom is -0.342 e. The Bertz CT molecular complexity index is 1190. The molecule has 7 nitrogen and oxygen atoms in total. The van der Waals surface area contributed by atoms with Crippen LogP contribution in [0.5, 0.6) is 0 Å². The molecule has 0 aliphatic carbocycles. The van der Waals surface area contributed by atoms with E-state index < -0.39 is 11.9 Å². The average molecular weight is 510 g/mol. The molecule has 0 aliphatic rings. The minimum atomic E-state index is -0.447. The van der Waals surface area contributed by atoms with Crippen LogP contribution in [0.3, 0.4) is 0 Å². The van der Waals surface area contributed by atoms with Gasteiger partial charge in [0.2, 0.25) is 5.91 Å². The summed E-state index contributed by atoms with van der Waals surface area (Å²) in [6.07, 6.45) is 0. The molecule has 11 heteroatoms. The fraction of sp³-hybridized carbons (Fsp3) is 0.273. The number of aromatic nitrogens is 3. The van der Waals surface area contributed by atoms with Crippen molar-refractivity contribution >= 4 is 52.5 Å². The number of amides is 2. The summed E-state index contributed by atoms with van der Waals surface area (Å²) in [4.78, 5) is 24.9. The van der Waals surface area contributed by atoms with Crippen LogP contribution in [-0.2, 0) is 11.3 Å². The highest BCUT2D eigenvalue weighted by Gasteiger charge is 2.20. The van der Waals surface area contributed by atoms with E-state index in [1.165, 1.54) is 30.0 Å². The number of nitrogens with one attached hydrogen (secondary N) is 2. The highest BCUT2D eigenvalue weighted by Crippen LogP contribution is 2.24. The Morgan fingerprint density at radius 1 is 1.15 bits per heavy atom. The van der Waals surface area contributed by atoms with E-state index in [-0.39, 0.29) is 17.6 Å². The molecule has 0 aliphatic heterocycles. The Labute approximate surface area is 205 Å². The largest absolute Gasteiger partial charge is 0.342 e. The summed E-state index contributed by atoms with van der Waals surface area (Å²) in [6.45, 7) is 6.04. The van der Waals surface area contributed by atoms with Crippen molar-refractivity contribution in [1.29, 1.82) is 0 Å². The number of thioether (sulfide) groups is 1. The number of halogens is 3. The average Bonchev–Trinajstić information content (AvgIpc) is 3.19. The first-order valence-corrected chi connectivity index (χ1v) is 11.8. The lowest BCUT2D eigenvalue weighted by Gasteiger charge is -2.15. The van der Waals surface area contributed by atoms with Crippen molar-refractivity contribution in [3.8, 4) is 0 Å². The Hall–Kier alpha value is -2.62. The summed E-state index contributed by atoms with van der Waals surface area (Å²) in [5.74, 6) is -0.420. The van der Waals surface area contributed by atoms with Crippen molar-refractivity contribution in [3.05, 3.63) is 69.2 Å². The molecule has 1 atom stereocenters. The molecule has 0 spiro atoms. The smallest absolute Gasteiger partial charge is 0.251 e. The molecular formula is C22H22Cl2FN5O2S. The van der Waals surface area contributed by atoms with Gasteiger partial charge in [-0.15, -0.1) is 10.2 Å². The first kappa shape index (κ1) is 25.0. The molecule has 0 saturated heterocycles. The predicted octanol–water partition coefficient (Wildman–Crippen LogP) is 5.27. The maximum absolute atomic E-state index is 13.4. The molecule has 0 saturated carbocycles. The molecule has 0 fully saturated rings. The van der Waals surface area contributed by atoms with E-state index in [2.05, 4.69) is 20.8 Å². The summed E-state index contributed by atoms with van der Waals surface area (Å²) in [6, 6.07) is 8.42. The maximum Gasteiger partial charge on any atom is 0.251 e. The van der Waals surface area contributed by atoms with Crippen molar-refractivity contribution in [3.63, 3.8) is 0 Å². The number of aryl methyl sites for hydroxylation is 1. The molecule has 3 aromatic rings. The molecule has 2 N–H and O–H groups in total. The Morgan fingerprint density at radius 3 is 2.61 bits per heavy atom. The second-order valence-electron chi connectivity index (χ2n) is 7.21. The molecule has 33 heavy (non-hydrogen) atoms. The van der Waals surface area contributed by atoms with Crippen molar-refractivity contribution < 1.29 is 14.0 Å². The first-order chi connectivity index (χ1) is 15.7. The van der Waals surface area contributed by atoms with Gasteiger partial charge in [0.05, 0.1) is 21.8 Å². The lowest BCUT2D eigenvalue weighted by atomic mass is 10.2. The maximum atomic E-state index is 13.4. The van der Waals surface area contributed by atoms with Crippen molar-refractivity contribution in [2.45, 2.75) is 38.5 Å². The van der Waals surface area contributed by atoms with E-state index in [0.29, 0.717) is 38.8 Å². The van der Waals surface area contributed by atoms with Crippen LogP contribution in [0.4, 0.5) is 10.1 Å². The Balaban J connectivity index is 1.65. The van der Waals surface area contributed by atoms with E-state index in [1.807, 2.05) is 11.5 Å². The quantitative estimate of drug-likeness (QED) is 0.403. The molecule has 0 radical (unpaired) electrons. The van der Waals surface area contributed by atoms with E-state index in [1.54, 1.807) is 32.0 Å². The zero-order valence-electron chi connectivity index (χ0n) is 18.2. The van der Waals surface area contributed by atoms with Crippen LogP contribution in [0, 0.1) is 12.7 Å². The number of carbonyl (C=O) groups is 2. The lowest BCUT2D eigenvalue weighted by Crippen LogP contribution is -2.28. The zero-order valence-corrected chi connectivity index (χ0v) is 20.5. The fourth-order valence-corrected chi connectivity index (χ4v) is 4.16. The van der Waals surface area contributed by atoms with Gasteiger partial charge in [0.15, 0.2) is 11.0 Å². The van der Waals surface area contributed by atoms with Crippen LogP contribution >= 0.6 is 35.0 Å². The standard InChI is InChI=1S/C22H22Cl2FN5O2S/c1-4-30-20(13(3)26-21(32)14-6-8-16(23)17(24)9-14)28-29-22(30)33-11-19(31)27-18-10-15(25)7-5-12(18)2/h5-10,13H,4,11H2,1-3H3,(H,26,32)(H,27,31)/t13-/m0/s1. The topological polar surface area (TPSA) is 88.9 Å². The summed E-state index contributed by atoms with van der Waals surface area (Å²) in [7, 11) is 0. The first-order valence-electron chi connectivity index (χ1n) is 10.1. The SMILES string of the molecule is CCn1c(SCC(=O)Nc2cc(F)ccc2C)nnc1[C@H](C)NC(=O)c1ccc(Cl)c(Cl)c1. The summed E-state index contributed by atoms with van der Waals surface area (Å²) in [5, 5.41) is 15.1. The van der Waals surface area contributed by atoms with Gasteiger partial charge in [0, 0.05) is 17.8 Å². The minimum absolute atomic E-state index is 0.0676. The van der Waals surface area contributed by atoms with Gasteiger partial charge in [0.25, 0.3) is 5.91 Å². The van der Waals surface area contributed by atoms with Gasteiger partial charge in [-0.25, -0.2) is 4.39 Å². The number of anilines is 1. The monoisotopic (exact) mass is 509 g/mol. The molecule has 1 aromatic heterocycles. The van der Waals surface area contributed by atoms with Crippen molar-refractivity contribution in [2.24, 2.45) is 0 Å². The van der Waals surface area contributed by atoms with Gasteiger partial charge in [-0.1, -0.05) is 41.0 Å². The number of rotatable bonds is 8. The highest BCUT2D eigenvalue weighted by molar-refractivity contribution is 7.99. The molecule has 2 amide bonds. The highest BCUT2D eigenvalue weighted by atomic mass is 35.5. The van der Waals surface area contributed by atoms with Crippen LogP contribution in [0.1, 0.15) is 41.6 Å². The van der Waals surface area contributed by atoms with Gasteiger partial charge < -0.3 is 15.2 Å². The number of hydrogen-bond acceptors (Lipinski definition) is 5. The van der Waals surface area contributed by atoms with Gasteiger partial charge >= 0.3 is 0 Å². The molecule has 0 unspecified atom stereocenters. The van der Waals surface area contributed by atoms with Gasteiger partial charge in [-0.05, 0) is 56.7 Å². The molecule has 0 bridgehead atoms. The Morgan fingerprint density at radius 2 is 1.91 bits per heavy atom. The van der Waals surface area contributed by atoms with Gasteiger partial charge in [-0.3, -0.25) is 9.59 Å². The van der Waals surface area contributed by atoms with Gasteiger partial charge in [-0.2, -0.15) is 0 Å². The number of benzene rings is 2. The fourth-order valence-electron chi connectivity index (χ4n) is 3.05. The second-order valence-corrected chi connectivity index (χ2v) is 8.96. The van der Waals surface area contributed by atoms with Crippen LogP contribution in [0.25, 0.3) is 0 Å². The van der Waals surface area contributed by atoms with Crippen LogP contribution < -0.4 is 10.6 Å². The third kappa shape index (κ3) is 6.25. The molecule has 3 rings (SSSR count). The summed E-state index contributed by atoms with van der Waals surface area (Å²) >= 11 is 13.1. The number of hydrogen-bond donors (Lipinski definition) is 2. The predicted molar refractivity (Wildman–Crippen MR) is 129 cm³/mol. The third-order valence-corrected chi connectivity index (χ3v) is 6.49. The summed E-state index contributed by atoms with van der Waals surface area (Å²) in [5.41, 5.74) is 1.56. The van der Waals surface area contributed by atoms with E-state index in [9.17, 15) is 14.0 Å². The van der Waals surface area contributed by atoms with Crippen molar-refractivity contribution in [2.75, 3.05) is 11.1 Å². The van der Waals surface area contributed by atoms with E-state index >= 15 is 0 Å². The number of carbonyl (C=O) groups excluding carboxylic acids is 2. The van der Waals surface area contributed by atoms with Crippen LogP contribution in [-0.4, -0.2) is 32.3 Å². The van der Waals surface area contributed by atoms with E-state index in [0.717, 1.165) is 5.56 Å².